The lowest BCUT2D eigenvalue weighted by Gasteiger charge is -2.21. The Balaban J connectivity index is 1.46. The SMILES string of the molecule is CC(C)c1cc(C(=O)OCc2ccccc2)cc(C(C)C)c1OC(=O)c1c2ccccc2[n+](C)c2cc3ccccc3cc12. The van der Waals surface area contributed by atoms with Crippen LogP contribution in [0.4, 0.5) is 0 Å². The summed E-state index contributed by atoms with van der Waals surface area (Å²) in [5.74, 6) is -0.350. The van der Waals surface area contributed by atoms with Gasteiger partial charge >= 0.3 is 11.9 Å². The van der Waals surface area contributed by atoms with Crippen LogP contribution in [-0.2, 0) is 18.4 Å². The minimum Gasteiger partial charge on any atom is -0.457 e. The van der Waals surface area contributed by atoms with E-state index in [1.807, 2.05) is 101 Å². The summed E-state index contributed by atoms with van der Waals surface area (Å²) >= 11 is 0. The monoisotopic (exact) mass is 582 g/mol. The molecular weight excluding hydrogens is 546 g/mol. The molecule has 6 rings (SSSR count). The lowest BCUT2D eigenvalue weighted by molar-refractivity contribution is -0.617. The van der Waals surface area contributed by atoms with Crippen LogP contribution in [0.25, 0.3) is 32.6 Å². The Morgan fingerprint density at radius 3 is 1.91 bits per heavy atom. The van der Waals surface area contributed by atoms with Gasteiger partial charge in [-0.2, -0.15) is 4.57 Å². The number of rotatable bonds is 7. The van der Waals surface area contributed by atoms with Crippen molar-refractivity contribution in [2.75, 3.05) is 0 Å². The van der Waals surface area contributed by atoms with Crippen LogP contribution in [0, 0.1) is 0 Å². The Labute approximate surface area is 257 Å². The van der Waals surface area contributed by atoms with E-state index < -0.39 is 11.9 Å². The number of aryl methyl sites for hydroxylation is 1. The van der Waals surface area contributed by atoms with Gasteiger partial charge in [0.2, 0.25) is 11.0 Å². The fraction of sp³-hybridized carbons (Fsp3) is 0.205. The number of hydrogen-bond acceptors (Lipinski definition) is 4. The molecule has 0 atom stereocenters. The van der Waals surface area contributed by atoms with E-state index >= 15 is 0 Å². The lowest BCUT2D eigenvalue weighted by Crippen LogP contribution is -2.31. The predicted octanol–water partition coefficient (Wildman–Crippen LogP) is 8.79. The highest BCUT2D eigenvalue weighted by molar-refractivity contribution is 6.15. The molecule has 1 aromatic heterocycles. The standard InChI is InChI=1S/C39H36NO4/c1-24(2)31-20-29(38(41)43-23-26-13-7-6-8-14-26)21-32(25(3)4)37(31)44-39(42)36-30-17-11-12-18-34(30)40(5)35-22-28-16-10-9-15-27(28)19-33(35)36/h6-22,24-25H,23H2,1-5H3/q+1. The number of benzene rings is 5. The third kappa shape index (κ3) is 5.42. The topological polar surface area (TPSA) is 56.5 Å². The maximum absolute atomic E-state index is 14.4. The van der Waals surface area contributed by atoms with E-state index in [2.05, 4.69) is 28.8 Å². The van der Waals surface area contributed by atoms with Crippen molar-refractivity contribution in [1.29, 1.82) is 0 Å². The number of esters is 2. The Morgan fingerprint density at radius 1 is 0.659 bits per heavy atom. The van der Waals surface area contributed by atoms with Gasteiger partial charge in [-0.25, -0.2) is 9.59 Å². The number of para-hydroxylation sites is 1. The molecule has 5 nitrogen and oxygen atoms in total. The second-order valence-electron chi connectivity index (χ2n) is 11.9. The van der Waals surface area contributed by atoms with E-state index in [1.54, 1.807) is 12.1 Å². The average Bonchev–Trinajstić information content (AvgIpc) is 3.03. The van der Waals surface area contributed by atoms with Crippen LogP contribution in [-0.4, -0.2) is 11.9 Å². The fourth-order valence-electron chi connectivity index (χ4n) is 5.90. The summed E-state index contributed by atoms with van der Waals surface area (Å²) in [4.78, 5) is 27.6. The number of hydrogen-bond donors (Lipinski definition) is 0. The van der Waals surface area contributed by atoms with Gasteiger partial charge in [0.1, 0.15) is 19.4 Å². The number of fused-ring (bicyclic) bond motifs is 3. The van der Waals surface area contributed by atoms with Crippen molar-refractivity contribution < 1.29 is 23.6 Å². The summed E-state index contributed by atoms with van der Waals surface area (Å²) in [5.41, 5.74) is 5.35. The van der Waals surface area contributed by atoms with E-state index in [4.69, 9.17) is 9.47 Å². The molecule has 0 aliphatic carbocycles. The Kier molecular flexibility index (Phi) is 7.88. The minimum absolute atomic E-state index is 0.0109. The van der Waals surface area contributed by atoms with Crippen LogP contribution in [0.1, 0.15) is 76.9 Å². The van der Waals surface area contributed by atoms with Crippen LogP contribution >= 0.6 is 0 Å². The van der Waals surface area contributed by atoms with Gasteiger partial charge in [-0.3, -0.25) is 0 Å². The smallest absolute Gasteiger partial charge is 0.345 e. The molecule has 1 heterocycles. The number of pyridine rings is 1. The van der Waals surface area contributed by atoms with Crippen molar-refractivity contribution in [1.82, 2.24) is 0 Å². The highest BCUT2D eigenvalue weighted by Gasteiger charge is 2.28. The predicted molar refractivity (Wildman–Crippen MR) is 175 cm³/mol. The molecule has 0 amide bonds. The Hall–Kier alpha value is -5.03. The maximum atomic E-state index is 14.4. The number of ether oxygens (including phenoxy) is 2. The summed E-state index contributed by atoms with van der Waals surface area (Å²) in [7, 11) is 2.03. The number of nitrogens with zero attached hydrogens (tertiary/aromatic N) is 1. The summed E-state index contributed by atoms with van der Waals surface area (Å²) in [5, 5.41) is 3.80. The van der Waals surface area contributed by atoms with E-state index in [-0.39, 0.29) is 18.4 Å². The highest BCUT2D eigenvalue weighted by atomic mass is 16.5. The zero-order valence-corrected chi connectivity index (χ0v) is 25.8. The molecule has 5 aromatic carbocycles. The molecule has 0 N–H and O–H groups in total. The zero-order chi connectivity index (χ0) is 31.0. The molecule has 0 aliphatic heterocycles. The molecule has 6 aromatic rings. The van der Waals surface area contributed by atoms with Crippen molar-refractivity contribution in [3.8, 4) is 5.75 Å². The lowest BCUT2D eigenvalue weighted by atomic mass is 9.91. The maximum Gasteiger partial charge on any atom is 0.345 e. The van der Waals surface area contributed by atoms with Gasteiger partial charge in [-0.1, -0.05) is 94.4 Å². The molecule has 220 valence electrons. The van der Waals surface area contributed by atoms with Crippen LogP contribution in [0.5, 0.6) is 5.75 Å². The third-order valence-electron chi connectivity index (χ3n) is 8.27. The van der Waals surface area contributed by atoms with Crippen molar-refractivity contribution in [2.45, 2.75) is 46.1 Å². The molecule has 0 fully saturated rings. The van der Waals surface area contributed by atoms with Crippen molar-refractivity contribution in [2.24, 2.45) is 7.05 Å². The van der Waals surface area contributed by atoms with Crippen LogP contribution in [0.3, 0.4) is 0 Å². The van der Waals surface area contributed by atoms with Crippen LogP contribution in [0.2, 0.25) is 0 Å². The first-order valence-electron chi connectivity index (χ1n) is 15.1. The molecule has 44 heavy (non-hydrogen) atoms. The largest absolute Gasteiger partial charge is 0.457 e. The van der Waals surface area contributed by atoms with E-state index in [9.17, 15) is 9.59 Å². The molecular formula is C39H36NO4+. The van der Waals surface area contributed by atoms with Crippen molar-refractivity contribution >= 4 is 44.5 Å². The number of carbonyl (C=O) groups excluding carboxylic acids is 2. The molecule has 0 unspecified atom stereocenters. The first kappa shape index (κ1) is 29.1. The quantitative estimate of drug-likeness (QED) is 0.0817. The second kappa shape index (κ2) is 11.9. The van der Waals surface area contributed by atoms with Gasteiger partial charge in [0.15, 0.2) is 0 Å². The molecule has 0 aliphatic rings. The molecule has 0 saturated heterocycles. The molecule has 5 heteroatoms. The summed E-state index contributed by atoms with van der Waals surface area (Å²) in [6.45, 7) is 8.33. The van der Waals surface area contributed by atoms with E-state index in [0.717, 1.165) is 49.3 Å². The van der Waals surface area contributed by atoms with Gasteiger partial charge in [0.25, 0.3) is 0 Å². The van der Waals surface area contributed by atoms with Gasteiger partial charge in [0, 0.05) is 12.1 Å². The van der Waals surface area contributed by atoms with E-state index in [0.29, 0.717) is 16.9 Å². The van der Waals surface area contributed by atoms with Crippen LogP contribution in [0.15, 0.2) is 103 Å². The molecule has 0 spiro atoms. The average molecular weight is 583 g/mol. The third-order valence-corrected chi connectivity index (χ3v) is 8.27. The molecule has 0 bridgehead atoms. The Bertz CT molecular complexity index is 2010. The molecule has 0 saturated carbocycles. The van der Waals surface area contributed by atoms with Gasteiger partial charge < -0.3 is 9.47 Å². The second-order valence-corrected chi connectivity index (χ2v) is 11.9. The number of aromatic nitrogens is 1. The fourth-order valence-corrected chi connectivity index (χ4v) is 5.90. The van der Waals surface area contributed by atoms with Gasteiger partial charge in [0.05, 0.1) is 21.9 Å². The molecule has 0 radical (unpaired) electrons. The zero-order valence-electron chi connectivity index (χ0n) is 25.8. The normalized spacial score (nSPS) is 11.5. The van der Waals surface area contributed by atoms with Crippen molar-refractivity contribution in [3.63, 3.8) is 0 Å². The van der Waals surface area contributed by atoms with Gasteiger partial charge in [-0.15, -0.1) is 0 Å². The first-order chi connectivity index (χ1) is 21.2. The van der Waals surface area contributed by atoms with Crippen molar-refractivity contribution in [3.05, 3.63) is 131 Å². The minimum atomic E-state index is -0.426. The summed E-state index contributed by atoms with van der Waals surface area (Å²) < 4.78 is 14.2. The Morgan fingerprint density at radius 2 is 1.25 bits per heavy atom. The summed E-state index contributed by atoms with van der Waals surface area (Å²) in [6.07, 6.45) is 0. The van der Waals surface area contributed by atoms with E-state index in [1.165, 1.54) is 0 Å². The highest BCUT2D eigenvalue weighted by Crippen LogP contribution is 2.38. The summed E-state index contributed by atoms with van der Waals surface area (Å²) in [6, 6.07) is 33.5. The van der Waals surface area contributed by atoms with Gasteiger partial charge in [-0.05, 0) is 63.6 Å². The number of carbonyl (C=O) groups is 2. The van der Waals surface area contributed by atoms with Crippen LogP contribution < -0.4 is 9.30 Å². The first-order valence-corrected chi connectivity index (χ1v) is 15.1.